The Labute approximate surface area is 337 Å². The minimum Gasteiger partial charge on any atom is -0.359 e. The molecule has 3 heterocycles. The molecular formula is C53H37N5. The molecule has 1 N–H and O–H groups in total. The van der Waals surface area contributed by atoms with Gasteiger partial charge in [-0.15, -0.1) is 0 Å². The van der Waals surface area contributed by atoms with Crippen LogP contribution in [0.1, 0.15) is 22.7 Å². The molecule has 7 aromatic carbocycles. The maximum atomic E-state index is 5.30. The Hall–Kier alpha value is -7.76. The first-order valence-corrected chi connectivity index (χ1v) is 19.5. The number of nitrogens with zero attached hydrogens (tertiary/aromatic N) is 4. The number of aliphatic imine (C=N–C) groups is 1. The highest BCUT2D eigenvalue weighted by molar-refractivity contribution is 6.04. The number of aromatic nitrogens is 3. The molecule has 0 amide bonds. The first kappa shape index (κ1) is 34.7. The lowest BCUT2D eigenvalue weighted by Gasteiger charge is -2.24. The van der Waals surface area contributed by atoms with Crippen LogP contribution in [0.25, 0.3) is 72.6 Å². The van der Waals surface area contributed by atoms with Crippen LogP contribution in [-0.2, 0) is 0 Å². The maximum absolute atomic E-state index is 5.30. The Balaban J connectivity index is 1.08. The summed E-state index contributed by atoms with van der Waals surface area (Å²) in [4.78, 5) is 20.2. The van der Waals surface area contributed by atoms with E-state index in [0.717, 1.165) is 83.8 Å². The summed E-state index contributed by atoms with van der Waals surface area (Å²) >= 11 is 0. The lowest BCUT2D eigenvalue weighted by molar-refractivity contribution is 0.781. The standard InChI is InChI=1S/C53H37N5/c1-5-14-36(15-6-1)42-27-28-47-50(33-42)57-53(58-51(47)40-20-11-4-12-21-40)46-31-44(30-45(32-46)43-22-13-29-54-35-43)37-23-25-41(26-24-37)52-55-48(38-16-7-2-8-17-38)34-49(56-52)39-18-9-3-10-19-39/h1-35,48H,(H,55,56). The van der Waals surface area contributed by atoms with Crippen LogP contribution in [0.4, 0.5) is 0 Å². The molecule has 58 heavy (non-hydrogen) atoms. The normalized spacial score (nSPS) is 13.7. The molecule has 1 aliphatic rings. The number of pyridine rings is 1. The van der Waals surface area contributed by atoms with E-state index in [-0.39, 0.29) is 6.04 Å². The second-order valence-corrected chi connectivity index (χ2v) is 14.4. The van der Waals surface area contributed by atoms with Crippen molar-refractivity contribution in [2.75, 3.05) is 0 Å². The Morgan fingerprint density at radius 3 is 1.67 bits per heavy atom. The molecule has 0 saturated heterocycles. The number of benzene rings is 7. The zero-order chi connectivity index (χ0) is 38.7. The zero-order valence-corrected chi connectivity index (χ0v) is 31.6. The number of hydrogen-bond acceptors (Lipinski definition) is 5. The predicted octanol–water partition coefficient (Wildman–Crippen LogP) is 12.5. The summed E-state index contributed by atoms with van der Waals surface area (Å²) in [5.74, 6) is 1.49. The molecule has 0 aliphatic carbocycles. The van der Waals surface area contributed by atoms with Crippen LogP contribution in [0.3, 0.4) is 0 Å². The smallest absolute Gasteiger partial charge is 0.160 e. The molecule has 0 bridgehead atoms. The van der Waals surface area contributed by atoms with E-state index in [9.17, 15) is 0 Å². The van der Waals surface area contributed by atoms with E-state index in [4.69, 9.17) is 15.0 Å². The largest absolute Gasteiger partial charge is 0.359 e. The fourth-order valence-corrected chi connectivity index (χ4v) is 7.62. The van der Waals surface area contributed by atoms with Crippen molar-refractivity contribution >= 4 is 22.4 Å². The molecule has 1 atom stereocenters. The van der Waals surface area contributed by atoms with Gasteiger partial charge >= 0.3 is 0 Å². The van der Waals surface area contributed by atoms with E-state index in [0.29, 0.717) is 5.82 Å². The van der Waals surface area contributed by atoms with Crippen molar-refractivity contribution < 1.29 is 0 Å². The van der Waals surface area contributed by atoms with Crippen LogP contribution in [0.2, 0.25) is 0 Å². The molecular weight excluding hydrogens is 707 g/mol. The summed E-state index contributed by atoms with van der Waals surface area (Å²) in [6.45, 7) is 0. The van der Waals surface area contributed by atoms with Crippen LogP contribution < -0.4 is 5.32 Å². The van der Waals surface area contributed by atoms with Crippen LogP contribution in [0.5, 0.6) is 0 Å². The van der Waals surface area contributed by atoms with Crippen molar-refractivity contribution in [2.24, 2.45) is 4.99 Å². The SMILES string of the molecule is C1=C(c2ccccc2)N=C(c2ccc(-c3cc(-c4cccnc4)cc(-c4nc(-c5ccccc5)c5ccc(-c6ccccc6)cc5n4)c3)cc2)NC1c1ccccc1. The van der Waals surface area contributed by atoms with Gasteiger partial charge in [0.15, 0.2) is 5.82 Å². The van der Waals surface area contributed by atoms with Gasteiger partial charge in [0.25, 0.3) is 0 Å². The highest BCUT2D eigenvalue weighted by atomic mass is 15.0. The van der Waals surface area contributed by atoms with Gasteiger partial charge in [0.05, 0.1) is 22.9 Å². The lowest BCUT2D eigenvalue weighted by atomic mass is 9.95. The Morgan fingerprint density at radius 1 is 0.414 bits per heavy atom. The third-order valence-electron chi connectivity index (χ3n) is 10.6. The monoisotopic (exact) mass is 743 g/mol. The Morgan fingerprint density at radius 2 is 0.983 bits per heavy atom. The molecule has 274 valence electrons. The molecule has 0 saturated carbocycles. The van der Waals surface area contributed by atoms with Crippen molar-refractivity contribution in [3.63, 3.8) is 0 Å². The first-order valence-electron chi connectivity index (χ1n) is 19.5. The molecule has 5 nitrogen and oxygen atoms in total. The molecule has 0 radical (unpaired) electrons. The van der Waals surface area contributed by atoms with Crippen LogP contribution in [0, 0.1) is 0 Å². The molecule has 10 rings (SSSR count). The summed E-state index contributed by atoms with van der Waals surface area (Å²) in [5.41, 5.74) is 14.4. The van der Waals surface area contributed by atoms with Gasteiger partial charge in [0.2, 0.25) is 0 Å². The third-order valence-corrected chi connectivity index (χ3v) is 10.6. The van der Waals surface area contributed by atoms with Gasteiger partial charge in [-0.25, -0.2) is 15.0 Å². The first-order chi connectivity index (χ1) is 28.7. The molecule has 1 aliphatic heterocycles. The number of amidine groups is 1. The summed E-state index contributed by atoms with van der Waals surface area (Å²) < 4.78 is 0. The molecule has 0 fully saturated rings. The van der Waals surface area contributed by atoms with Crippen molar-refractivity contribution in [3.8, 4) is 56.0 Å². The average molecular weight is 744 g/mol. The van der Waals surface area contributed by atoms with Crippen molar-refractivity contribution in [1.29, 1.82) is 0 Å². The van der Waals surface area contributed by atoms with Crippen LogP contribution >= 0.6 is 0 Å². The van der Waals surface area contributed by atoms with Gasteiger partial charge in [0, 0.05) is 40.0 Å². The van der Waals surface area contributed by atoms with E-state index in [1.807, 2.05) is 36.5 Å². The number of hydrogen-bond donors (Lipinski definition) is 1. The van der Waals surface area contributed by atoms with Gasteiger partial charge in [0.1, 0.15) is 5.84 Å². The highest BCUT2D eigenvalue weighted by Crippen LogP contribution is 2.36. The van der Waals surface area contributed by atoms with Crippen molar-refractivity contribution in [3.05, 3.63) is 229 Å². The predicted molar refractivity (Wildman–Crippen MR) is 238 cm³/mol. The lowest BCUT2D eigenvalue weighted by Crippen LogP contribution is -2.31. The summed E-state index contributed by atoms with van der Waals surface area (Å²) in [7, 11) is 0. The minimum absolute atomic E-state index is 0.0196. The highest BCUT2D eigenvalue weighted by Gasteiger charge is 2.20. The van der Waals surface area contributed by atoms with Gasteiger partial charge in [-0.1, -0.05) is 158 Å². The Kier molecular flexibility index (Phi) is 9.22. The zero-order valence-electron chi connectivity index (χ0n) is 31.6. The molecule has 0 spiro atoms. The van der Waals surface area contributed by atoms with Crippen molar-refractivity contribution in [2.45, 2.75) is 6.04 Å². The van der Waals surface area contributed by atoms with E-state index in [1.54, 1.807) is 6.20 Å². The fraction of sp³-hybridized carbons (Fsp3) is 0.0189. The molecule has 5 heteroatoms. The fourth-order valence-electron chi connectivity index (χ4n) is 7.62. The Bertz CT molecular complexity index is 2930. The van der Waals surface area contributed by atoms with Gasteiger partial charge in [-0.05, 0) is 81.4 Å². The van der Waals surface area contributed by atoms with Crippen molar-refractivity contribution in [1.82, 2.24) is 20.3 Å². The average Bonchev–Trinajstić information content (AvgIpc) is 3.32. The van der Waals surface area contributed by atoms with Crippen LogP contribution in [0.15, 0.2) is 218 Å². The second kappa shape index (κ2) is 15.4. The van der Waals surface area contributed by atoms with E-state index >= 15 is 0 Å². The van der Waals surface area contributed by atoms with Crippen LogP contribution in [-0.4, -0.2) is 20.8 Å². The number of nitrogens with one attached hydrogen (secondary N) is 1. The maximum Gasteiger partial charge on any atom is 0.160 e. The third kappa shape index (κ3) is 7.09. The van der Waals surface area contributed by atoms with Gasteiger partial charge < -0.3 is 5.32 Å². The van der Waals surface area contributed by atoms with E-state index in [2.05, 4.69) is 180 Å². The summed E-state index contributed by atoms with van der Waals surface area (Å²) in [6, 6.07) is 67.5. The molecule has 1 unspecified atom stereocenters. The quantitative estimate of drug-likeness (QED) is 0.168. The second-order valence-electron chi connectivity index (χ2n) is 14.4. The summed E-state index contributed by atoms with van der Waals surface area (Å²) in [5, 5.41) is 4.71. The number of fused-ring (bicyclic) bond motifs is 1. The van der Waals surface area contributed by atoms with Gasteiger partial charge in [-0.3, -0.25) is 4.98 Å². The van der Waals surface area contributed by atoms with E-state index < -0.39 is 0 Å². The minimum atomic E-state index is -0.0196. The van der Waals surface area contributed by atoms with Gasteiger partial charge in [-0.2, -0.15) is 0 Å². The van der Waals surface area contributed by atoms with E-state index in [1.165, 1.54) is 5.56 Å². The molecule has 9 aromatic rings. The summed E-state index contributed by atoms with van der Waals surface area (Å²) in [6.07, 6.45) is 5.91. The number of rotatable bonds is 8. The topological polar surface area (TPSA) is 63.1 Å². The molecule has 2 aromatic heterocycles.